The van der Waals surface area contributed by atoms with Crippen molar-refractivity contribution in [2.24, 2.45) is 0 Å². The highest BCUT2D eigenvalue weighted by Gasteiger charge is 2.24. The van der Waals surface area contributed by atoms with Gasteiger partial charge in [0.15, 0.2) is 0 Å². The second-order valence-corrected chi connectivity index (χ2v) is 6.19. The van der Waals surface area contributed by atoms with Gasteiger partial charge in [0.05, 0.1) is 30.1 Å². The number of nitrogens with zero attached hydrogens (tertiary/aromatic N) is 4. The molecule has 7 nitrogen and oxygen atoms in total. The summed E-state index contributed by atoms with van der Waals surface area (Å²) in [4.78, 5) is 26.5. The number of pyridine rings is 1. The van der Waals surface area contributed by atoms with Crippen molar-refractivity contribution in [3.05, 3.63) is 72.1 Å². The number of carboxylic acids is 1. The molecule has 1 aromatic carbocycles. The third-order valence-electron chi connectivity index (χ3n) is 4.43. The zero-order chi connectivity index (χ0) is 18.6. The fraction of sp³-hybridized carbons (Fsp3) is 0.200. The highest BCUT2D eigenvalue weighted by molar-refractivity contribution is 5.88. The summed E-state index contributed by atoms with van der Waals surface area (Å²) in [5.74, 6) is -0.411. The Bertz CT molecular complexity index is 949. The van der Waals surface area contributed by atoms with Gasteiger partial charge in [-0.1, -0.05) is 30.3 Å². The topological polar surface area (TPSA) is 88.4 Å². The number of ether oxygens (including phenoxy) is 1. The average Bonchev–Trinajstić information content (AvgIpc) is 2.75. The minimum Gasteiger partial charge on any atom is -0.478 e. The van der Waals surface area contributed by atoms with E-state index in [1.165, 1.54) is 18.3 Å². The van der Waals surface area contributed by atoms with Crippen LogP contribution in [-0.4, -0.2) is 45.7 Å². The van der Waals surface area contributed by atoms with Gasteiger partial charge in [-0.15, -0.1) is 0 Å². The second-order valence-electron chi connectivity index (χ2n) is 6.19. The minimum absolute atomic E-state index is 0.0410. The van der Waals surface area contributed by atoms with Gasteiger partial charge in [-0.2, -0.15) is 0 Å². The molecule has 0 amide bonds. The molecule has 4 rings (SSSR count). The van der Waals surface area contributed by atoms with E-state index in [-0.39, 0.29) is 11.7 Å². The van der Waals surface area contributed by atoms with Crippen molar-refractivity contribution in [1.29, 1.82) is 0 Å². The van der Waals surface area contributed by atoms with Gasteiger partial charge in [0.25, 0.3) is 0 Å². The molecule has 0 aliphatic carbocycles. The SMILES string of the molecule is O=C(O)c1ccnc(-c2ccnc(N3CCO[C@@H](c4ccccc4)C3)n2)c1. The zero-order valence-electron chi connectivity index (χ0n) is 14.5. The van der Waals surface area contributed by atoms with Gasteiger partial charge in [0.1, 0.15) is 6.10 Å². The molecule has 0 radical (unpaired) electrons. The number of aromatic nitrogens is 3. The average molecular weight is 362 g/mol. The summed E-state index contributed by atoms with van der Waals surface area (Å²) in [6.45, 7) is 1.92. The maximum Gasteiger partial charge on any atom is 0.335 e. The Morgan fingerprint density at radius 3 is 2.70 bits per heavy atom. The van der Waals surface area contributed by atoms with Crippen LogP contribution in [-0.2, 0) is 4.74 Å². The number of morpholine rings is 1. The van der Waals surface area contributed by atoms with E-state index in [1.54, 1.807) is 12.3 Å². The summed E-state index contributed by atoms with van der Waals surface area (Å²) >= 11 is 0. The predicted molar refractivity (Wildman–Crippen MR) is 99.6 cm³/mol. The quantitative estimate of drug-likeness (QED) is 0.763. The van der Waals surface area contributed by atoms with Crippen LogP contribution < -0.4 is 4.90 Å². The van der Waals surface area contributed by atoms with Crippen LogP contribution in [0.25, 0.3) is 11.4 Å². The molecule has 7 heteroatoms. The first-order chi connectivity index (χ1) is 13.2. The normalized spacial score (nSPS) is 16.9. The predicted octanol–water partition coefficient (Wildman–Crippen LogP) is 2.81. The maximum atomic E-state index is 11.2. The van der Waals surface area contributed by atoms with E-state index in [1.807, 2.05) is 30.3 Å². The molecule has 3 heterocycles. The fourth-order valence-corrected chi connectivity index (χ4v) is 3.05. The van der Waals surface area contributed by atoms with Crippen LogP contribution in [0.5, 0.6) is 0 Å². The first kappa shape index (κ1) is 17.1. The first-order valence-corrected chi connectivity index (χ1v) is 8.65. The minimum atomic E-state index is -0.994. The summed E-state index contributed by atoms with van der Waals surface area (Å²) in [5, 5.41) is 9.17. The molecule has 1 atom stereocenters. The van der Waals surface area contributed by atoms with E-state index in [0.717, 1.165) is 5.56 Å². The summed E-state index contributed by atoms with van der Waals surface area (Å²) < 4.78 is 5.90. The summed E-state index contributed by atoms with van der Waals surface area (Å²) in [6, 6.07) is 14.8. The lowest BCUT2D eigenvalue weighted by Gasteiger charge is -2.33. The molecule has 3 aromatic rings. The van der Waals surface area contributed by atoms with Gasteiger partial charge in [0, 0.05) is 18.9 Å². The molecule has 1 fully saturated rings. The van der Waals surface area contributed by atoms with Crippen LogP contribution in [0, 0.1) is 0 Å². The Morgan fingerprint density at radius 2 is 1.89 bits per heavy atom. The lowest BCUT2D eigenvalue weighted by Crippen LogP contribution is -2.39. The van der Waals surface area contributed by atoms with E-state index in [2.05, 4.69) is 19.9 Å². The smallest absolute Gasteiger partial charge is 0.335 e. The van der Waals surface area contributed by atoms with E-state index >= 15 is 0 Å². The molecule has 136 valence electrons. The molecular weight excluding hydrogens is 344 g/mol. The number of aromatic carboxylic acids is 1. The van der Waals surface area contributed by atoms with Crippen molar-refractivity contribution >= 4 is 11.9 Å². The van der Waals surface area contributed by atoms with Crippen molar-refractivity contribution in [2.75, 3.05) is 24.6 Å². The zero-order valence-corrected chi connectivity index (χ0v) is 14.5. The van der Waals surface area contributed by atoms with Crippen LogP contribution >= 0.6 is 0 Å². The molecule has 0 spiro atoms. The van der Waals surface area contributed by atoms with Crippen molar-refractivity contribution in [3.63, 3.8) is 0 Å². The Hall–Kier alpha value is -3.32. The Balaban J connectivity index is 1.59. The molecule has 27 heavy (non-hydrogen) atoms. The van der Waals surface area contributed by atoms with Crippen molar-refractivity contribution in [2.45, 2.75) is 6.10 Å². The molecule has 0 unspecified atom stereocenters. The number of benzene rings is 1. The molecule has 0 saturated carbocycles. The summed E-state index contributed by atoms with van der Waals surface area (Å²) in [6.07, 6.45) is 3.10. The largest absolute Gasteiger partial charge is 0.478 e. The Kier molecular flexibility index (Phi) is 4.76. The number of hydrogen-bond acceptors (Lipinski definition) is 6. The van der Waals surface area contributed by atoms with Gasteiger partial charge in [-0.25, -0.2) is 14.8 Å². The van der Waals surface area contributed by atoms with Gasteiger partial charge < -0.3 is 14.7 Å². The number of anilines is 1. The highest BCUT2D eigenvalue weighted by Crippen LogP contribution is 2.25. The van der Waals surface area contributed by atoms with Crippen molar-refractivity contribution in [3.8, 4) is 11.4 Å². The molecule has 1 aliphatic rings. The Morgan fingerprint density at radius 1 is 1.07 bits per heavy atom. The van der Waals surface area contributed by atoms with E-state index in [9.17, 15) is 4.79 Å². The molecule has 2 aromatic heterocycles. The molecule has 0 bridgehead atoms. The fourth-order valence-electron chi connectivity index (χ4n) is 3.05. The van der Waals surface area contributed by atoms with Gasteiger partial charge in [-0.3, -0.25) is 4.98 Å². The number of carbonyl (C=O) groups is 1. The second kappa shape index (κ2) is 7.51. The molecular formula is C20H18N4O3. The lowest BCUT2D eigenvalue weighted by atomic mass is 10.1. The van der Waals surface area contributed by atoms with Gasteiger partial charge in [-0.05, 0) is 23.8 Å². The molecule has 1 saturated heterocycles. The number of hydrogen-bond donors (Lipinski definition) is 1. The van der Waals surface area contributed by atoms with Crippen LogP contribution in [0.2, 0.25) is 0 Å². The van der Waals surface area contributed by atoms with Gasteiger partial charge >= 0.3 is 5.97 Å². The van der Waals surface area contributed by atoms with E-state index in [4.69, 9.17) is 9.84 Å². The number of rotatable bonds is 4. The monoisotopic (exact) mass is 362 g/mol. The maximum absolute atomic E-state index is 11.2. The standard InChI is InChI=1S/C20H18N4O3/c25-19(26)15-6-8-21-17(12-15)16-7-9-22-20(23-16)24-10-11-27-18(13-24)14-4-2-1-3-5-14/h1-9,12,18H,10-11,13H2,(H,25,26)/t18-/m1/s1. The van der Waals surface area contributed by atoms with E-state index < -0.39 is 5.97 Å². The van der Waals surface area contributed by atoms with Crippen molar-refractivity contribution in [1.82, 2.24) is 15.0 Å². The molecule has 1 N–H and O–H groups in total. The molecule has 1 aliphatic heterocycles. The van der Waals surface area contributed by atoms with Crippen LogP contribution in [0.4, 0.5) is 5.95 Å². The lowest BCUT2D eigenvalue weighted by molar-refractivity contribution is 0.0392. The summed E-state index contributed by atoms with van der Waals surface area (Å²) in [7, 11) is 0. The third-order valence-corrected chi connectivity index (χ3v) is 4.43. The highest BCUT2D eigenvalue weighted by atomic mass is 16.5. The Labute approximate surface area is 156 Å². The number of carboxylic acid groups (broad SMARTS) is 1. The first-order valence-electron chi connectivity index (χ1n) is 8.65. The van der Waals surface area contributed by atoms with Crippen molar-refractivity contribution < 1.29 is 14.6 Å². The third kappa shape index (κ3) is 3.78. The van der Waals surface area contributed by atoms with Crippen LogP contribution in [0.1, 0.15) is 22.0 Å². The van der Waals surface area contributed by atoms with E-state index in [0.29, 0.717) is 37.0 Å². The van der Waals surface area contributed by atoms with Crippen LogP contribution in [0.3, 0.4) is 0 Å². The van der Waals surface area contributed by atoms with Gasteiger partial charge in [0.2, 0.25) is 5.95 Å². The van der Waals surface area contributed by atoms with Crippen LogP contribution in [0.15, 0.2) is 60.9 Å². The summed E-state index contributed by atoms with van der Waals surface area (Å²) in [5.41, 5.74) is 2.39.